The van der Waals surface area contributed by atoms with E-state index in [0.717, 1.165) is 0 Å². The molecule has 0 aliphatic heterocycles. The van der Waals surface area contributed by atoms with Crippen molar-refractivity contribution in [2.75, 3.05) is 20.1 Å². The predicted molar refractivity (Wildman–Crippen MR) is 71.7 cm³/mol. The standard InChI is InChI=1S/C13H16F3N3O3/c1-19(12(21)7-18-11(20)6-17)8-9-3-2-4-10(5-9)22-13(14,15)16/h2-5H,6-8,17H2,1H3,(H,18,20). The Morgan fingerprint density at radius 3 is 2.64 bits per heavy atom. The molecule has 0 heterocycles. The molecule has 22 heavy (non-hydrogen) atoms. The van der Waals surface area contributed by atoms with Gasteiger partial charge < -0.3 is 20.7 Å². The molecular formula is C13H16F3N3O3. The summed E-state index contributed by atoms with van der Waals surface area (Å²) in [5.74, 6) is -1.23. The molecule has 6 nitrogen and oxygen atoms in total. The minimum atomic E-state index is -4.77. The molecule has 9 heteroatoms. The Bertz CT molecular complexity index is 535. The molecule has 1 rings (SSSR count). The highest BCUT2D eigenvalue weighted by atomic mass is 19.4. The Labute approximate surface area is 125 Å². The molecule has 122 valence electrons. The minimum absolute atomic E-state index is 0.0758. The minimum Gasteiger partial charge on any atom is -0.406 e. The molecule has 0 bridgehead atoms. The quantitative estimate of drug-likeness (QED) is 0.805. The number of hydrogen-bond acceptors (Lipinski definition) is 4. The Balaban J connectivity index is 2.60. The van der Waals surface area contributed by atoms with E-state index in [1.54, 1.807) is 6.07 Å². The third kappa shape index (κ3) is 6.44. The van der Waals surface area contributed by atoms with Crippen molar-refractivity contribution in [3.05, 3.63) is 29.8 Å². The fraction of sp³-hybridized carbons (Fsp3) is 0.385. The number of alkyl halides is 3. The Hall–Kier alpha value is -2.29. The number of rotatable bonds is 6. The first kappa shape index (κ1) is 17.8. The summed E-state index contributed by atoms with van der Waals surface area (Å²) in [6.45, 7) is -0.383. The van der Waals surface area contributed by atoms with Gasteiger partial charge >= 0.3 is 6.36 Å². The van der Waals surface area contributed by atoms with Crippen molar-refractivity contribution in [3.8, 4) is 5.75 Å². The summed E-state index contributed by atoms with van der Waals surface area (Å²) in [6.07, 6.45) is -4.77. The molecule has 0 aliphatic rings. The number of hydrogen-bond donors (Lipinski definition) is 2. The molecule has 3 N–H and O–H groups in total. The van der Waals surface area contributed by atoms with Crippen molar-refractivity contribution in [3.63, 3.8) is 0 Å². The second-order valence-corrected chi connectivity index (χ2v) is 4.43. The summed E-state index contributed by atoms with van der Waals surface area (Å²) in [5, 5.41) is 2.31. The molecule has 0 saturated carbocycles. The number of nitrogens with one attached hydrogen (secondary N) is 1. The average molecular weight is 319 g/mol. The zero-order valence-corrected chi connectivity index (χ0v) is 11.8. The molecule has 2 amide bonds. The van der Waals surface area contributed by atoms with Gasteiger partial charge in [0.25, 0.3) is 0 Å². The number of carbonyl (C=O) groups is 2. The number of nitrogens with two attached hydrogens (primary N) is 1. The fourth-order valence-corrected chi connectivity index (χ4v) is 1.58. The summed E-state index contributed by atoms with van der Waals surface area (Å²) in [4.78, 5) is 24.0. The van der Waals surface area contributed by atoms with Crippen molar-refractivity contribution in [2.24, 2.45) is 5.73 Å². The van der Waals surface area contributed by atoms with Gasteiger partial charge in [-0.15, -0.1) is 13.2 Å². The van der Waals surface area contributed by atoms with Gasteiger partial charge in [0, 0.05) is 13.6 Å². The van der Waals surface area contributed by atoms with Crippen LogP contribution in [0.1, 0.15) is 5.56 Å². The number of carbonyl (C=O) groups excluding carboxylic acids is 2. The molecule has 0 fully saturated rings. The monoisotopic (exact) mass is 319 g/mol. The average Bonchev–Trinajstić information content (AvgIpc) is 2.42. The Morgan fingerprint density at radius 2 is 2.05 bits per heavy atom. The molecule has 0 radical (unpaired) electrons. The van der Waals surface area contributed by atoms with Crippen molar-refractivity contribution in [2.45, 2.75) is 12.9 Å². The summed E-state index contributed by atoms with van der Waals surface area (Å²) in [5.41, 5.74) is 5.54. The first-order valence-corrected chi connectivity index (χ1v) is 6.26. The lowest BCUT2D eigenvalue weighted by molar-refractivity contribution is -0.274. The number of amides is 2. The van der Waals surface area contributed by atoms with E-state index in [1.807, 2.05) is 0 Å². The van der Waals surface area contributed by atoms with Crippen LogP contribution in [-0.4, -0.2) is 43.2 Å². The van der Waals surface area contributed by atoms with E-state index in [4.69, 9.17) is 5.73 Å². The topological polar surface area (TPSA) is 84.7 Å². The largest absolute Gasteiger partial charge is 0.573 e. The number of likely N-dealkylation sites (N-methyl/N-ethyl adjacent to an activating group) is 1. The van der Waals surface area contributed by atoms with Gasteiger partial charge in [0.1, 0.15) is 5.75 Å². The van der Waals surface area contributed by atoms with Crippen LogP contribution in [-0.2, 0) is 16.1 Å². The highest BCUT2D eigenvalue weighted by molar-refractivity contribution is 5.85. The number of halogens is 3. The fourth-order valence-electron chi connectivity index (χ4n) is 1.58. The number of ether oxygens (including phenoxy) is 1. The van der Waals surface area contributed by atoms with Gasteiger partial charge in [-0.25, -0.2) is 0 Å². The lowest BCUT2D eigenvalue weighted by Gasteiger charge is -2.18. The molecule has 0 unspecified atom stereocenters. The zero-order valence-electron chi connectivity index (χ0n) is 11.8. The SMILES string of the molecule is CN(Cc1cccc(OC(F)(F)F)c1)C(=O)CNC(=O)CN. The molecule has 1 aromatic carbocycles. The summed E-state index contributed by atoms with van der Waals surface area (Å²) >= 11 is 0. The molecule has 0 spiro atoms. The molecule has 0 atom stereocenters. The van der Waals surface area contributed by atoms with Crippen molar-refractivity contribution in [1.82, 2.24) is 10.2 Å². The number of benzene rings is 1. The van der Waals surface area contributed by atoms with Crippen LogP contribution < -0.4 is 15.8 Å². The van der Waals surface area contributed by atoms with Crippen LogP contribution in [0.4, 0.5) is 13.2 Å². The van der Waals surface area contributed by atoms with E-state index in [2.05, 4.69) is 10.1 Å². The van der Waals surface area contributed by atoms with Crippen LogP contribution >= 0.6 is 0 Å². The van der Waals surface area contributed by atoms with Gasteiger partial charge in [-0.2, -0.15) is 0 Å². The highest BCUT2D eigenvalue weighted by Gasteiger charge is 2.31. The first-order valence-electron chi connectivity index (χ1n) is 6.26. The van der Waals surface area contributed by atoms with Crippen LogP contribution in [0.2, 0.25) is 0 Å². The second kappa shape index (κ2) is 7.64. The van der Waals surface area contributed by atoms with Gasteiger partial charge in [0.05, 0.1) is 13.1 Å². The van der Waals surface area contributed by atoms with E-state index in [-0.39, 0.29) is 25.4 Å². The summed E-state index contributed by atoms with van der Waals surface area (Å²) in [6, 6.07) is 5.31. The predicted octanol–water partition coefficient (Wildman–Crippen LogP) is 0.619. The van der Waals surface area contributed by atoms with E-state index in [9.17, 15) is 22.8 Å². The molecule has 0 saturated heterocycles. The van der Waals surface area contributed by atoms with Crippen molar-refractivity contribution in [1.29, 1.82) is 0 Å². The van der Waals surface area contributed by atoms with E-state index < -0.39 is 18.2 Å². The molecule has 0 aliphatic carbocycles. The molecule has 1 aromatic rings. The summed E-state index contributed by atoms with van der Waals surface area (Å²) < 4.78 is 40.2. The smallest absolute Gasteiger partial charge is 0.406 e. The summed E-state index contributed by atoms with van der Waals surface area (Å²) in [7, 11) is 1.47. The van der Waals surface area contributed by atoms with Crippen molar-refractivity contribution >= 4 is 11.8 Å². The van der Waals surface area contributed by atoms with Crippen molar-refractivity contribution < 1.29 is 27.5 Å². The maximum absolute atomic E-state index is 12.1. The number of nitrogens with zero attached hydrogens (tertiary/aromatic N) is 1. The lowest BCUT2D eigenvalue weighted by Crippen LogP contribution is -2.40. The highest BCUT2D eigenvalue weighted by Crippen LogP contribution is 2.23. The van der Waals surface area contributed by atoms with Gasteiger partial charge in [-0.1, -0.05) is 12.1 Å². The second-order valence-electron chi connectivity index (χ2n) is 4.43. The Kier molecular flexibility index (Phi) is 6.17. The van der Waals surface area contributed by atoms with Crippen LogP contribution in [0, 0.1) is 0 Å². The van der Waals surface area contributed by atoms with Crippen LogP contribution in [0.3, 0.4) is 0 Å². The van der Waals surface area contributed by atoms with Crippen LogP contribution in [0.5, 0.6) is 5.75 Å². The first-order chi connectivity index (χ1) is 10.2. The zero-order chi connectivity index (χ0) is 16.8. The van der Waals surface area contributed by atoms with Gasteiger partial charge in [-0.05, 0) is 17.7 Å². The van der Waals surface area contributed by atoms with Crippen LogP contribution in [0.15, 0.2) is 24.3 Å². The third-order valence-electron chi connectivity index (χ3n) is 2.60. The van der Waals surface area contributed by atoms with E-state index in [0.29, 0.717) is 5.56 Å². The van der Waals surface area contributed by atoms with E-state index >= 15 is 0 Å². The van der Waals surface area contributed by atoms with Gasteiger partial charge in [0.15, 0.2) is 0 Å². The van der Waals surface area contributed by atoms with Gasteiger partial charge in [0.2, 0.25) is 11.8 Å². The maximum Gasteiger partial charge on any atom is 0.573 e. The maximum atomic E-state index is 12.1. The normalized spacial score (nSPS) is 11.0. The van der Waals surface area contributed by atoms with E-state index in [1.165, 1.54) is 30.1 Å². The molecular weight excluding hydrogens is 303 g/mol. The van der Waals surface area contributed by atoms with Gasteiger partial charge in [-0.3, -0.25) is 9.59 Å². The molecule has 0 aromatic heterocycles. The third-order valence-corrected chi connectivity index (χ3v) is 2.60. The van der Waals surface area contributed by atoms with Crippen LogP contribution in [0.25, 0.3) is 0 Å². The Morgan fingerprint density at radius 1 is 1.36 bits per heavy atom. The lowest BCUT2D eigenvalue weighted by atomic mass is 10.2.